The quantitative estimate of drug-likeness (QED) is 0.586. The molecule has 1 nitrogen and oxygen atoms in total. The minimum Gasteiger partial charge on any atom is -0.256 e. The number of pyridine rings is 1. The first-order valence-electron chi connectivity index (χ1n) is 7.32. The fourth-order valence-electron chi connectivity index (χ4n) is 2.92. The Bertz CT molecular complexity index is 899. The molecule has 106 valence electrons. The number of fused-ring (bicyclic) bond motifs is 1. The molecule has 0 N–H and O–H groups in total. The maximum absolute atomic E-state index is 5.97. The highest BCUT2D eigenvalue weighted by Crippen LogP contribution is 2.34. The molecule has 0 aliphatic heterocycles. The molecular formula is C20H14ClN. The fourth-order valence-corrected chi connectivity index (χ4v) is 3.05. The lowest BCUT2D eigenvalue weighted by molar-refractivity contribution is 1.37. The van der Waals surface area contributed by atoms with Gasteiger partial charge in [0, 0.05) is 22.2 Å². The van der Waals surface area contributed by atoms with Crippen molar-refractivity contribution in [3.8, 4) is 0 Å². The van der Waals surface area contributed by atoms with Crippen molar-refractivity contribution in [3.05, 3.63) is 89.1 Å². The summed E-state index contributed by atoms with van der Waals surface area (Å²) in [4.78, 5) is 4.55. The lowest BCUT2D eigenvalue weighted by Gasteiger charge is -2.06. The number of nitrogens with zero attached hydrogens (tertiary/aromatic N) is 1. The lowest BCUT2D eigenvalue weighted by atomic mass is 10.0. The van der Waals surface area contributed by atoms with Gasteiger partial charge in [0.2, 0.25) is 0 Å². The van der Waals surface area contributed by atoms with Crippen LogP contribution in [0.4, 0.5) is 0 Å². The number of halogens is 1. The maximum atomic E-state index is 5.97. The molecule has 1 aliphatic carbocycles. The van der Waals surface area contributed by atoms with Gasteiger partial charge in [0.1, 0.15) is 0 Å². The summed E-state index contributed by atoms with van der Waals surface area (Å²) >= 11 is 5.97. The summed E-state index contributed by atoms with van der Waals surface area (Å²) in [7, 11) is 0. The van der Waals surface area contributed by atoms with Crippen molar-refractivity contribution >= 4 is 33.7 Å². The average Bonchev–Trinajstić information content (AvgIpc) is 3.05. The molecule has 1 aromatic heterocycles. The van der Waals surface area contributed by atoms with Crippen LogP contribution in [0, 0.1) is 0 Å². The molecule has 22 heavy (non-hydrogen) atoms. The Hall–Kier alpha value is -2.38. The largest absolute Gasteiger partial charge is 0.256 e. The van der Waals surface area contributed by atoms with Crippen molar-refractivity contribution in [2.75, 3.05) is 0 Å². The van der Waals surface area contributed by atoms with Crippen LogP contribution in [0.3, 0.4) is 0 Å². The summed E-state index contributed by atoms with van der Waals surface area (Å²) in [5, 5.41) is 1.95. The van der Waals surface area contributed by atoms with Gasteiger partial charge in [-0.05, 0) is 41.3 Å². The van der Waals surface area contributed by atoms with Gasteiger partial charge < -0.3 is 0 Å². The first-order valence-corrected chi connectivity index (χ1v) is 7.70. The van der Waals surface area contributed by atoms with Gasteiger partial charge in [-0.2, -0.15) is 0 Å². The van der Waals surface area contributed by atoms with Crippen LogP contribution in [-0.4, -0.2) is 4.98 Å². The van der Waals surface area contributed by atoms with E-state index in [9.17, 15) is 0 Å². The molecule has 0 atom stereocenters. The Morgan fingerprint density at radius 2 is 1.73 bits per heavy atom. The Kier molecular flexibility index (Phi) is 3.28. The molecule has 4 rings (SSSR count). The Balaban J connectivity index is 1.75. The van der Waals surface area contributed by atoms with Gasteiger partial charge in [-0.15, -0.1) is 0 Å². The second kappa shape index (κ2) is 5.43. The van der Waals surface area contributed by atoms with E-state index >= 15 is 0 Å². The number of hydrogen-bond acceptors (Lipinski definition) is 1. The highest BCUT2D eigenvalue weighted by atomic mass is 35.5. The van der Waals surface area contributed by atoms with Crippen molar-refractivity contribution in [1.82, 2.24) is 4.98 Å². The highest BCUT2D eigenvalue weighted by Gasteiger charge is 2.13. The van der Waals surface area contributed by atoms with Gasteiger partial charge in [0.25, 0.3) is 0 Å². The summed E-state index contributed by atoms with van der Waals surface area (Å²) in [5.74, 6) is 0. The minimum absolute atomic E-state index is 0.768. The second-order valence-electron chi connectivity index (χ2n) is 5.42. The van der Waals surface area contributed by atoms with Crippen LogP contribution in [-0.2, 0) is 0 Å². The van der Waals surface area contributed by atoms with Crippen molar-refractivity contribution in [1.29, 1.82) is 0 Å². The molecule has 0 saturated carbocycles. The van der Waals surface area contributed by atoms with E-state index in [-0.39, 0.29) is 0 Å². The van der Waals surface area contributed by atoms with Crippen LogP contribution in [0.2, 0.25) is 5.02 Å². The molecule has 0 amide bonds. The summed E-state index contributed by atoms with van der Waals surface area (Å²) in [6, 6.07) is 18.4. The minimum atomic E-state index is 0.768. The SMILES string of the molecule is Clc1ccc(C2=CCC(c3cccc4cccnc34)=C2)cc1. The normalized spacial score (nSPS) is 14.0. The van der Waals surface area contributed by atoms with Crippen molar-refractivity contribution in [2.24, 2.45) is 0 Å². The summed E-state index contributed by atoms with van der Waals surface area (Å²) in [5.41, 5.74) is 6.06. The first kappa shape index (κ1) is 13.3. The van der Waals surface area contributed by atoms with Gasteiger partial charge in [-0.3, -0.25) is 4.98 Å². The number of para-hydroxylation sites is 1. The van der Waals surface area contributed by atoms with E-state index in [1.54, 1.807) is 0 Å². The zero-order valence-electron chi connectivity index (χ0n) is 12.0. The molecule has 2 aromatic carbocycles. The number of aromatic nitrogens is 1. The predicted octanol–water partition coefficient (Wildman–Crippen LogP) is 5.76. The third kappa shape index (κ3) is 2.34. The Labute approximate surface area is 134 Å². The number of allylic oxidation sites excluding steroid dienone is 4. The summed E-state index contributed by atoms with van der Waals surface area (Å²) in [6.45, 7) is 0. The Morgan fingerprint density at radius 1 is 0.909 bits per heavy atom. The van der Waals surface area contributed by atoms with E-state index in [1.807, 2.05) is 24.4 Å². The van der Waals surface area contributed by atoms with Gasteiger partial charge in [0.15, 0.2) is 0 Å². The van der Waals surface area contributed by atoms with E-state index in [2.05, 4.69) is 53.5 Å². The molecule has 2 heteroatoms. The van der Waals surface area contributed by atoms with Crippen molar-refractivity contribution in [3.63, 3.8) is 0 Å². The monoisotopic (exact) mass is 303 g/mol. The van der Waals surface area contributed by atoms with Crippen LogP contribution in [0.25, 0.3) is 22.0 Å². The molecule has 0 spiro atoms. The first-order chi connectivity index (χ1) is 10.8. The number of rotatable bonds is 2. The molecule has 1 aliphatic rings. The molecule has 0 radical (unpaired) electrons. The zero-order valence-corrected chi connectivity index (χ0v) is 12.7. The second-order valence-corrected chi connectivity index (χ2v) is 5.86. The molecule has 3 aromatic rings. The van der Waals surface area contributed by atoms with Crippen LogP contribution >= 0.6 is 11.6 Å². The third-order valence-corrected chi connectivity index (χ3v) is 4.28. The number of benzene rings is 2. The van der Waals surface area contributed by atoms with Gasteiger partial charge in [-0.25, -0.2) is 0 Å². The summed E-state index contributed by atoms with van der Waals surface area (Å²) in [6.07, 6.45) is 7.32. The molecule has 0 unspecified atom stereocenters. The van der Waals surface area contributed by atoms with E-state index in [1.165, 1.54) is 27.7 Å². The van der Waals surface area contributed by atoms with Crippen LogP contribution in [0.15, 0.2) is 72.9 Å². The fraction of sp³-hybridized carbons (Fsp3) is 0.0500. The van der Waals surface area contributed by atoms with Crippen LogP contribution < -0.4 is 0 Å². The molecule has 1 heterocycles. The lowest BCUT2D eigenvalue weighted by Crippen LogP contribution is -1.87. The predicted molar refractivity (Wildman–Crippen MR) is 93.8 cm³/mol. The van der Waals surface area contributed by atoms with E-state index < -0.39 is 0 Å². The molecule has 0 saturated heterocycles. The Morgan fingerprint density at radius 3 is 2.59 bits per heavy atom. The average molecular weight is 304 g/mol. The van der Waals surface area contributed by atoms with Crippen LogP contribution in [0.1, 0.15) is 17.5 Å². The zero-order chi connectivity index (χ0) is 14.9. The smallest absolute Gasteiger partial charge is 0.0777 e. The topological polar surface area (TPSA) is 12.9 Å². The third-order valence-electron chi connectivity index (χ3n) is 4.03. The molecule has 0 bridgehead atoms. The molecular weight excluding hydrogens is 290 g/mol. The van der Waals surface area contributed by atoms with Crippen molar-refractivity contribution < 1.29 is 0 Å². The standard InChI is InChI=1S/C20H14ClN/c21-18-10-8-14(9-11-18)16-6-7-17(13-16)19-5-1-3-15-4-2-12-22-20(15)19/h1-6,8-13H,7H2. The van der Waals surface area contributed by atoms with E-state index in [0.717, 1.165) is 17.0 Å². The van der Waals surface area contributed by atoms with Crippen LogP contribution in [0.5, 0.6) is 0 Å². The van der Waals surface area contributed by atoms with Gasteiger partial charge in [0.05, 0.1) is 5.52 Å². The maximum Gasteiger partial charge on any atom is 0.0777 e. The van der Waals surface area contributed by atoms with Crippen molar-refractivity contribution in [2.45, 2.75) is 6.42 Å². The van der Waals surface area contributed by atoms with E-state index in [4.69, 9.17) is 11.6 Å². The molecule has 0 fully saturated rings. The number of hydrogen-bond donors (Lipinski definition) is 0. The van der Waals surface area contributed by atoms with Gasteiger partial charge >= 0.3 is 0 Å². The van der Waals surface area contributed by atoms with E-state index in [0.29, 0.717) is 0 Å². The van der Waals surface area contributed by atoms with Gasteiger partial charge in [-0.1, -0.05) is 60.2 Å². The highest BCUT2D eigenvalue weighted by molar-refractivity contribution is 6.30. The summed E-state index contributed by atoms with van der Waals surface area (Å²) < 4.78 is 0.